The van der Waals surface area contributed by atoms with Crippen molar-refractivity contribution < 1.29 is 11.5 Å². The van der Waals surface area contributed by atoms with Crippen molar-refractivity contribution in [3.05, 3.63) is 35.4 Å². The number of benzene rings is 1. The van der Waals surface area contributed by atoms with E-state index in [-0.39, 0.29) is 5.56 Å². The first-order chi connectivity index (χ1) is 5.11. The van der Waals surface area contributed by atoms with E-state index in [0.29, 0.717) is 0 Å². The quantitative estimate of drug-likeness (QED) is 0.505. The topological polar surface area (TPSA) is 0 Å². The zero-order valence-electron chi connectivity index (χ0n) is 6.57. The summed E-state index contributed by atoms with van der Waals surface area (Å²) < 4.78 is 38.4. The summed E-state index contributed by atoms with van der Waals surface area (Å²) in [6, 6.07) is 3.00. The molecule has 0 N–H and O–H groups in total. The average molecular weight is 130 g/mol. The lowest BCUT2D eigenvalue weighted by molar-refractivity contribution is 0.508. The van der Waals surface area contributed by atoms with Gasteiger partial charge in [0.1, 0.15) is 0 Å². The van der Waals surface area contributed by atoms with Crippen LogP contribution in [0.25, 0.3) is 0 Å². The first kappa shape index (κ1) is 3.99. The summed E-state index contributed by atoms with van der Waals surface area (Å²) in [4.78, 5) is 0. The van der Waals surface area contributed by atoms with E-state index in [0.717, 1.165) is 12.1 Å². The van der Waals surface area contributed by atoms with Crippen LogP contribution in [0.3, 0.4) is 0 Å². The van der Waals surface area contributed by atoms with E-state index < -0.39 is 18.5 Å². The monoisotopic (exact) mass is 130 g/mol. The number of rotatable bonds is 0. The first-order valence-corrected chi connectivity index (χ1v) is 2.40. The Morgan fingerprint density at radius 3 is 2.67 bits per heavy atom. The lowest BCUT2D eigenvalue weighted by Crippen LogP contribution is -1.82. The normalized spacial score (nSPS) is 13.2. The number of aryl methyl sites for hydroxylation is 1. The number of hydrogen-bond donors (Lipinski definition) is 0. The van der Waals surface area contributed by atoms with Gasteiger partial charge in [0, 0.05) is 2.74 Å². The molecule has 0 saturated carbocycles. The van der Waals surface area contributed by atoms with Gasteiger partial charge in [0.2, 0.25) is 0 Å². The minimum Gasteiger partial charge on any atom is -0.204 e. The summed E-state index contributed by atoms with van der Waals surface area (Å²) >= 11 is 0. The van der Waals surface area contributed by atoms with Gasteiger partial charge in [0.05, 0.1) is 0 Å². The van der Waals surface area contributed by atoms with Crippen LogP contribution in [0.5, 0.6) is 0 Å². The SMILES string of the molecule is [2H]C([2H])c1ccc(F)c(F)c1. The molecule has 0 aliphatic heterocycles. The molecule has 0 radical (unpaired) electrons. The molecule has 0 nitrogen and oxygen atoms in total. The molecule has 0 amide bonds. The lowest BCUT2D eigenvalue weighted by Gasteiger charge is -1.91. The van der Waals surface area contributed by atoms with Crippen LogP contribution in [0.4, 0.5) is 8.78 Å². The van der Waals surface area contributed by atoms with Crippen LogP contribution in [-0.2, 0) is 0 Å². The molecule has 0 heterocycles. The fourth-order valence-electron chi connectivity index (χ4n) is 0.512. The molecule has 1 rings (SSSR count). The molecule has 0 saturated heterocycles. The van der Waals surface area contributed by atoms with E-state index in [1.54, 1.807) is 0 Å². The third kappa shape index (κ3) is 1.25. The summed E-state index contributed by atoms with van der Waals surface area (Å²) in [6.45, 7) is -1.26. The second-order valence-electron chi connectivity index (χ2n) is 1.67. The van der Waals surface area contributed by atoms with Crippen molar-refractivity contribution in [2.24, 2.45) is 0 Å². The van der Waals surface area contributed by atoms with Gasteiger partial charge < -0.3 is 0 Å². The highest BCUT2D eigenvalue weighted by atomic mass is 19.2. The third-order valence-corrected chi connectivity index (χ3v) is 0.944. The van der Waals surface area contributed by atoms with Gasteiger partial charge in [-0.2, -0.15) is 0 Å². The smallest absolute Gasteiger partial charge is 0.159 e. The van der Waals surface area contributed by atoms with E-state index in [2.05, 4.69) is 0 Å². The molecule has 0 fully saturated rings. The molecule has 0 atom stereocenters. The number of halogens is 2. The van der Waals surface area contributed by atoms with E-state index in [1.807, 2.05) is 0 Å². The van der Waals surface area contributed by atoms with E-state index >= 15 is 0 Å². The highest BCUT2D eigenvalue weighted by Crippen LogP contribution is 2.06. The van der Waals surface area contributed by atoms with Gasteiger partial charge in [-0.25, -0.2) is 8.78 Å². The van der Waals surface area contributed by atoms with Crippen molar-refractivity contribution in [2.45, 2.75) is 6.88 Å². The summed E-state index contributed by atoms with van der Waals surface area (Å²) in [7, 11) is 0. The molecule has 0 aliphatic carbocycles. The molecule has 0 aromatic heterocycles. The Balaban J connectivity index is 3.05. The van der Waals surface area contributed by atoms with Crippen LogP contribution in [0, 0.1) is 18.5 Å². The first-order valence-electron chi connectivity index (χ1n) is 3.56. The Bertz CT molecular complexity index is 261. The summed E-state index contributed by atoms with van der Waals surface area (Å²) in [5.74, 6) is -1.96. The second kappa shape index (κ2) is 2.13. The van der Waals surface area contributed by atoms with Crippen LogP contribution >= 0.6 is 0 Å². The molecule has 0 aliphatic rings. The van der Waals surface area contributed by atoms with E-state index in [4.69, 9.17) is 2.74 Å². The molecular formula is C7H6F2. The molecule has 1 aromatic rings. The Kier molecular flexibility index (Phi) is 0.944. The van der Waals surface area contributed by atoms with Gasteiger partial charge in [-0.1, -0.05) is 6.07 Å². The Labute approximate surface area is 54.9 Å². The average Bonchev–Trinajstić information content (AvgIpc) is 1.94. The predicted molar refractivity (Wildman–Crippen MR) is 31.1 cm³/mol. The van der Waals surface area contributed by atoms with Gasteiger partial charge >= 0.3 is 0 Å². The minimum atomic E-state index is -1.26. The van der Waals surface area contributed by atoms with Crippen LogP contribution in [0.1, 0.15) is 8.30 Å². The maximum atomic E-state index is 12.4. The standard InChI is InChI=1S/C7H6F2/c1-5-2-3-6(8)7(9)4-5/h2-4H,1H3/i1D2. The largest absolute Gasteiger partial charge is 0.204 e. The fraction of sp³-hybridized carbons (Fsp3) is 0.143. The highest BCUT2D eigenvalue weighted by Gasteiger charge is 1.97. The minimum absolute atomic E-state index is 0.156. The molecule has 0 unspecified atom stereocenters. The molecule has 9 heavy (non-hydrogen) atoms. The Morgan fingerprint density at radius 1 is 1.33 bits per heavy atom. The van der Waals surface area contributed by atoms with Gasteiger partial charge in [-0.15, -0.1) is 0 Å². The van der Waals surface area contributed by atoms with Gasteiger partial charge in [-0.3, -0.25) is 0 Å². The van der Waals surface area contributed by atoms with Crippen LogP contribution < -0.4 is 0 Å². The van der Waals surface area contributed by atoms with Gasteiger partial charge in [-0.05, 0) is 24.6 Å². The molecule has 0 spiro atoms. The fourth-order valence-corrected chi connectivity index (χ4v) is 0.512. The zero-order valence-corrected chi connectivity index (χ0v) is 4.57. The zero-order chi connectivity index (χ0) is 8.43. The number of hydrogen-bond acceptors (Lipinski definition) is 0. The molecular weight excluding hydrogens is 122 g/mol. The molecule has 48 valence electrons. The van der Waals surface area contributed by atoms with Crippen molar-refractivity contribution in [3.8, 4) is 0 Å². The van der Waals surface area contributed by atoms with Crippen molar-refractivity contribution in [1.29, 1.82) is 0 Å². The highest BCUT2D eigenvalue weighted by molar-refractivity contribution is 5.15. The van der Waals surface area contributed by atoms with Crippen molar-refractivity contribution >= 4 is 0 Å². The van der Waals surface area contributed by atoms with Gasteiger partial charge in [0.15, 0.2) is 11.6 Å². The Hall–Kier alpha value is -0.920. The maximum Gasteiger partial charge on any atom is 0.159 e. The Morgan fingerprint density at radius 2 is 2.11 bits per heavy atom. The third-order valence-electron chi connectivity index (χ3n) is 0.944. The van der Waals surface area contributed by atoms with Crippen molar-refractivity contribution in [3.63, 3.8) is 0 Å². The lowest BCUT2D eigenvalue weighted by atomic mass is 10.2. The van der Waals surface area contributed by atoms with Crippen molar-refractivity contribution in [1.82, 2.24) is 0 Å². The second-order valence-corrected chi connectivity index (χ2v) is 1.67. The summed E-state index contributed by atoms with van der Waals surface area (Å²) in [5.41, 5.74) is 0.156. The van der Waals surface area contributed by atoms with Crippen molar-refractivity contribution in [2.75, 3.05) is 0 Å². The summed E-state index contributed by atoms with van der Waals surface area (Å²) in [6.07, 6.45) is 0. The van der Waals surface area contributed by atoms with Gasteiger partial charge in [0.25, 0.3) is 0 Å². The van der Waals surface area contributed by atoms with E-state index in [9.17, 15) is 8.78 Å². The van der Waals surface area contributed by atoms with E-state index in [1.165, 1.54) is 6.07 Å². The predicted octanol–water partition coefficient (Wildman–Crippen LogP) is 2.27. The maximum absolute atomic E-state index is 12.4. The molecule has 2 heteroatoms. The van der Waals surface area contributed by atoms with Crippen LogP contribution in [0.2, 0.25) is 0 Å². The van der Waals surface area contributed by atoms with Crippen LogP contribution in [0.15, 0.2) is 18.2 Å². The van der Waals surface area contributed by atoms with Crippen LogP contribution in [-0.4, -0.2) is 0 Å². The summed E-state index contributed by atoms with van der Waals surface area (Å²) in [5, 5.41) is 0. The molecule has 0 bridgehead atoms. The molecule has 1 aromatic carbocycles.